The molecular formula is C27H26N4O. The number of imidazole rings is 1. The molecule has 0 aliphatic carbocycles. The molecule has 5 nitrogen and oxygen atoms in total. The van der Waals surface area contributed by atoms with Gasteiger partial charge < -0.3 is 9.64 Å². The predicted molar refractivity (Wildman–Crippen MR) is 128 cm³/mol. The second-order valence-corrected chi connectivity index (χ2v) is 8.67. The van der Waals surface area contributed by atoms with Gasteiger partial charge in [0.25, 0.3) is 0 Å². The summed E-state index contributed by atoms with van der Waals surface area (Å²) in [6.45, 7) is 12.3. The topological polar surface area (TPSA) is 34.1 Å². The third-order valence-corrected chi connectivity index (χ3v) is 6.26. The highest BCUT2D eigenvalue weighted by Crippen LogP contribution is 2.38. The maximum atomic E-state index is 7.28. The van der Waals surface area contributed by atoms with Crippen molar-refractivity contribution in [1.82, 2.24) is 14.3 Å². The molecule has 0 radical (unpaired) electrons. The van der Waals surface area contributed by atoms with Crippen LogP contribution in [0.3, 0.4) is 0 Å². The monoisotopic (exact) mass is 422 g/mol. The normalized spacial score (nSPS) is 16.3. The molecule has 2 aromatic carbocycles. The summed E-state index contributed by atoms with van der Waals surface area (Å²) in [5.74, 6) is 1.39. The van der Waals surface area contributed by atoms with Gasteiger partial charge in [-0.2, -0.15) is 0 Å². The van der Waals surface area contributed by atoms with E-state index in [0.717, 1.165) is 46.7 Å². The Labute approximate surface area is 188 Å². The summed E-state index contributed by atoms with van der Waals surface area (Å²) in [5, 5.41) is 0. The van der Waals surface area contributed by atoms with Crippen molar-refractivity contribution in [3.63, 3.8) is 0 Å². The molecule has 0 bridgehead atoms. The molecule has 1 fully saturated rings. The van der Waals surface area contributed by atoms with Crippen molar-refractivity contribution in [3.05, 3.63) is 84.1 Å². The van der Waals surface area contributed by atoms with Gasteiger partial charge >= 0.3 is 0 Å². The standard InChI is InChI=1S/C27H26N4O/c1-19-4-6-22(7-5-19)27-24(21-8-10-23(28-2)11-9-21)14-26(25-15-29-18-31(25)27)32-17-20-12-13-30(3)16-20/h4-11,14-15,18,20H,12-13,16-17H2,1,3H3/t20-/m1/s1. The van der Waals surface area contributed by atoms with Gasteiger partial charge in [-0.15, -0.1) is 0 Å². The first-order valence-electron chi connectivity index (χ1n) is 11.0. The summed E-state index contributed by atoms with van der Waals surface area (Å²) < 4.78 is 8.51. The second kappa shape index (κ2) is 8.49. The summed E-state index contributed by atoms with van der Waals surface area (Å²) in [7, 11) is 2.16. The summed E-state index contributed by atoms with van der Waals surface area (Å²) in [5.41, 5.74) is 7.13. The van der Waals surface area contributed by atoms with Crippen molar-refractivity contribution in [2.75, 3.05) is 26.7 Å². The fourth-order valence-electron chi connectivity index (χ4n) is 4.49. The van der Waals surface area contributed by atoms with Gasteiger partial charge in [-0.1, -0.05) is 54.1 Å². The third-order valence-electron chi connectivity index (χ3n) is 6.26. The van der Waals surface area contributed by atoms with Crippen molar-refractivity contribution in [2.24, 2.45) is 5.92 Å². The Morgan fingerprint density at radius 2 is 1.84 bits per heavy atom. The van der Waals surface area contributed by atoms with Crippen LogP contribution in [0.25, 0.3) is 32.7 Å². The molecule has 5 rings (SSSR count). The second-order valence-electron chi connectivity index (χ2n) is 8.67. The summed E-state index contributed by atoms with van der Waals surface area (Å²) in [6.07, 6.45) is 4.90. The molecule has 1 saturated heterocycles. The fraction of sp³-hybridized carbons (Fsp3) is 0.259. The van der Waals surface area contributed by atoms with Crippen molar-refractivity contribution in [3.8, 4) is 28.1 Å². The van der Waals surface area contributed by atoms with Gasteiger partial charge in [-0.05, 0) is 44.1 Å². The molecule has 1 aliphatic heterocycles. The highest BCUT2D eigenvalue weighted by atomic mass is 16.5. The lowest BCUT2D eigenvalue weighted by atomic mass is 9.97. The molecule has 160 valence electrons. The van der Waals surface area contributed by atoms with Crippen LogP contribution in [0, 0.1) is 19.4 Å². The number of fused-ring (bicyclic) bond motifs is 1. The first-order chi connectivity index (χ1) is 15.6. The molecule has 32 heavy (non-hydrogen) atoms. The molecule has 5 heteroatoms. The average molecular weight is 423 g/mol. The van der Waals surface area contributed by atoms with E-state index in [2.05, 4.69) is 63.4 Å². The van der Waals surface area contributed by atoms with Crippen molar-refractivity contribution >= 4 is 11.2 Å². The highest BCUT2D eigenvalue weighted by molar-refractivity contribution is 5.86. The Balaban J connectivity index is 1.64. The van der Waals surface area contributed by atoms with Crippen molar-refractivity contribution in [1.29, 1.82) is 0 Å². The van der Waals surface area contributed by atoms with Crippen LogP contribution in [0.15, 0.2) is 67.1 Å². The van der Waals surface area contributed by atoms with Gasteiger partial charge in [0, 0.05) is 18.0 Å². The van der Waals surface area contributed by atoms with E-state index in [1.807, 2.05) is 36.8 Å². The Hall–Kier alpha value is -3.62. The zero-order chi connectivity index (χ0) is 22.1. The summed E-state index contributed by atoms with van der Waals surface area (Å²) >= 11 is 0. The van der Waals surface area contributed by atoms with E-state index in [0.29, 0.717) is 18.2 Å². The Morgan fingerprint density at radius 1 is 1.09 bits per heavy atom. The SMILES string of the molecule is [C-]#[N+]c1ccc(-c2cc(OC[C@@H]3CCN(C)C3)c3cncn3c2-c2ccc(C)cc2)cc1. The molecule has 0 amide bonds. The molecule has 2 aromatic heterocycles. The minimum absolute atomic E-state index is 0.543. The van der Waals surface area contributed by atoms with E-state index >= 15 is 0 Å². The van der Waals surface area contributed by atoms with Gasteiger partial charge in [0.2, 0.25) is 0 Å². The van der Waals surface area contributed by atoms with Gasteiger partial charge in [0.1, 0.15) is 11.3 Å². The molecule has 0 N–H and O–H groups in total. The lowest BCUT2D eigenvalue weighted by Gasteiger charge is -2.18. The average Bonchev–Trinajstić information content (AvgIpc) is 3.47. The Morgan fingerprint density at radius 3 is 2.53 bits per heavy atom. The largest absolute Gasteiger partial charge is 0.491 e. The van der Waals surface area contributed by atoms with Crippen LogP contribution in [0.2, 0.25) is 0 Å². The van der Waals surface area contributed by atoms with Crippen LogP contribution in [0.5, 0.6) is 5.75 Å². The molecule has 3 heterocycles. The molecule has 0 saturated carbocycles. The van der Waals surface area contributed by atoms with E-state index in [-0.39, 0.29) is 0 Å². The van der Waals surface area contributed by atoms with Gasteiger partial charge in [-0.3, -0.25) is 4.40 Å². The number of hydrogen-bond acceptors (Lipinski definition) is 3. The Bertz CT molecular complexity index is 1280. The van der Waals surface area contributed by atoms with E-state index in [9.17, 15) is 0 Å². The third kappa shape index (κ3) is 3.86. The summed E-state index contributed by atoms with van der Waals surface area (Å²) in [4.78, 5) is 10.3. The van der Waals surface area contributed by atoms with Gasteiger partial charge in [-0.25, -0.2) is 9.83 Å². The van der Waals surface area contributed by atoms with Crippen LogP contribution in [0.1, 0.15) is 12.0 Å². The van der Waals surface area contributed by atoms with E-state index in [1.165, 1.54) is 12.0 Å². The molecule has 0 unspecified atom stereocenters. The van der Waals surface area contributed by atoms with Crippen molar-refractivity contribution in [2.45, 2.75) is 13.3 Å². The number of aromatic nitrogens is 2. The number of benzene rings is 2. The smallest absolute Gasteiger partial charge is 0.187 e. The maximum Gasteiger partial charge on any atom is 0.187 e. The van der Waals surface area contributed by atoms with Crippen LogP contribution < -0.4 is 4.74 Å². The number of nitrogens with zero attached hydrogens (tertiary/aromatic N) is 4. The molecule has 0 spiro atoms. The Kier molecular flexibility index (Phi) is 5.38. The number of hydrogen-bond donors (Lipinski definition) is 0. The van der Waals surface area contributed by atoms with Crippen LogP contribution in [0.4, 0.5) is 5.69 Å². The fourth-order valence-corrected chi connectivity index (χ4v) is 4.49. The van der Waals surface area contributed by atoms with Crippen LogP contribution in [-0.4, -0.2) is 41.0 Å². The first-order valence-corrected chi connectivity index (χ1v) is 11.0. The van der Waals surface area contributed by atoms with E-state index < -0.39 is 0 Å². The van der Waals surface area contributed by atoms with E-state index in [4.69, 9.17) is 11.3 Å². The predicted octanol–water partition coefficient (Wildman–Crippen LogP) is 5.86. The number of aryl methyl sites for hydroxylation is 1. The molecule has 1 aliphatic rings. The number of ether oxygens (including phenoxy) is 1. The van der Waals surface area contributed by atoms with Crippen LogP contribution >= 0.6 is 0 Å². The number of pyridine rings is 1. The maximum absolute atomic E-state index is 7.28. The van der Waals surface area contributed by atoms with Crippen molar-refractivity contribution < 1.29 is 4.74 Å². The molecular weight excluding hydrogens is 396 g/mol. The minimum atomic E-state index is 0.543. The first kappa shape index (κ1) is 20.3. The number of likely N-dealkylation sites (tertiary alicyclic amines) is 1. The highest BCUT2D eigenvalue weighted by Gasteiger charge is 2.22. The molecule has 4 aromatic rings. The zero-order valence-corrected chi connectivity index (χ0v) is 18.5. The quantitative estimate of drug-likeness (QED) is 0.378. The zero-order valence-electron chi connectivity index (χ0n) is 18.5. The van der Waals surface area contributed by atoms with Gasteiger partial charge in [0.15, 0.2) is 5.69 Å². The minimum Gasteiger partial charge on any atom is -0.491 e. The molecule has 1 atom stereocenters. The summed E-state index contributed by atoms with van der Waals surface area (Å²) in [6, 6.07) is 18.5. The van der Waals surface area contributed by atoms with Gasteiger partial charge in [0.05, 0.1) is 31.4 Å². The van der Waals surface area contributed by atoms with Crippen LogP contribution in [-0.2, 0) is 0 Å². The van der Waals surface area contributed by atoms with E-state index in [1.54, 1.807) is 0 Å². The lowest BCUT2D eigenvalue weighted by Crippen LogP contribution is -2.18. The number of rotatable bonds is 5. The lowest BCUT2D eigenvalue weighted by molar-refractivity contribution is 0.251.